The van der Waals surface area contributed by atoms with Gasteiger partial charge in [0, 0.05) is 17.7 Å². The third-order valence-corrected chi connectivity index (χ3v) is 2.19. The van der Waals surface area contributed by atoms with Crippen LogP contribution in [-0.4, -0.2) is 0 Å². The maximum Gasteiger partial charge on any atom is 0.215 e. The number of hydrogen-bond donors (Lipinski definition) is 0. The Labute approximate surface area is 77.4 Å². The summed E-state index contributed by atoms with van der Waals surface area (Å²) in [4.78, 5) is 0. The zero-order chi connectivity index (χ0) is 9.26. The molecule has 0 aliphatic heterocycles. The molecule has 0 saturated heterocycles. The zero-order valence-corrected chi connectivity index (χ0v) is 7.82. The van der Waals surface area contributed by atoms with Crippen LogP contribution in [-0.2, 0) is 7.05 Å². The molecule has 0 spiro atoms. The normalized spacial score (nSPS) is 10.3. The van der Waals surface area contributed by atoms with E-state index in [1.807, 2.05) is 32.3 Å². The SMILES string of the molecule is Cc1cocc1-c1cccc[n+]1C. The van der Waals surface area contributed by atoms with E-state index in [1.54, 1.807) is 12.5 Å². The van der Waals surface area contributed by atoms with Crippen molar-refractivity contribution in [2.45, 2.75) is 6.92 Å². The minimum Gasteiger partial charge on any atom is -0.471 e. The molecule has 0 aliphatic rings. The van der Waals surface area contributed by atoms with Crippen molar-refractivity contribution >= 4 is 0 Å². The lowest BCUT2D eigenvalue weighted by Crippen LogP contribution is -2.29. The Morgan fingerprint density at radius 2 is 2.08 bits per heavy atom. The second-order valence-electron chi connectivity index (χ2n) is 3.17. The van der Waals surface area contributed by atoms with Crippen molar-refractivity contribution in [3.63, 3.8) is 0 Å². The van der Waals surface area contributed by atoms with Crippen LogP contribution >= 0.6 is 0 Å². The van der Waals surface area contributed by atoms with Gasteiger partial charge in [0.25, 0.3) is 0 Å². The molecular weight excluding hydrogens is 162 g/mol. The summed E-state index contributed by atoms with van der Waals surface area (Å²) in [6.07, 6.45) is 5.58. The Balaban J connectivity index is 2.59. The minimum atomic E-state index is 1.16. The van der Waals surface area contributed by atoms with Crippen molar-refractivity contribution in [1.29, 1.82) is 0 Å². The Bertz CT molecular complexity index is 418. The fraction of sp³-hybridized carbons (Fsp3) is 0.182. The van der Waals surface area contributed by atoms with Crippen molar-refractivity contribution in [3.05, 3.63) is 42.5 Å². The highest BCUT2D eigenvalue weighted by Gasteiger charge is 2.12. The molecule has 0 aliphatic carbocycles. The average molecular weight is 174 g/mol. The topological polar surface area (TPSA) is 17.0 Å². The van der Waals surface area contributed by atoms with E-state index in [-0.39, 0.29) is 0 Å². The van der Waals surface area contributed by atoms with Crippen LogP contribution in [0, 0.1) is 6.92 Å². The summed E-state index contributed by atoms with van der Waals surface area (Å²) >= 11 is 0. The highest BCUT2D eigenvalue weighted by Crippen LogP contribution is 2.19. The van der Waals surface area contributed by atoms with Gasteiger partial charge in [-0.15, -0.1) is 0 Å². The van der Waals surface area contributed by atoms with Crippen LogP contribution in [0.1, 0.15) is 5.56 Å². The van der Waals surface area contributed by atoms with Crippen LogP contribution in [0.3, 0.4) is 0 Å². The monoisotopic (exact) mass is 174 g/mol. The van der Waals surface area contributed by atoms with Gasteiger partial charge >= 0.3 is 0 Å². The summed E-state index contributed by atoms with van der Waals surface area (Å²) in [5.41, 5.74) is 3.50. The molecule has 13 heavy (non-hydrogen) atoms. The molecule has 0 unspecified atom stereocenters. The van der Waals surface area contributed by atoms with Gasteiger partial charge in [0.05, 0.1) is 11.8 Å². The van der Waals surface area contributed by atoms with Gasteiger partial charge in [-0.1, -0.05) is 0 Å². The fourth-order valence-electron chi connectivity index (χ4n) is 1.43. The Kier molecular flexibility index (Phi) is 1.89. The van der Waals surface area contributed by atoms with E-state index in [0.29, 0.717) is 0 Å². The Hall–Kier alpha value is -1.57. The number of nitrogens with zero attached hydrogens (tertiary/aromatic N) is 1. The van der Waals surface area contributed by atoms with Gasteiger partial charge in [0.15, 0.2) is 6.20 Å². The summed E-state index contributed by atoms with van der Waals surface area (Å²) in [5.74, 6) is 0. The lowest BCUT2D eigenvalue weighted by Gasteiger charge is -1.96. The molecule has 0 saturated carbocycles. The summed E-state index contributed by atoms with van der Waals surface area (Å²) in [6, 6.07) is 6.12. The third kappa shape index (κ3) is 1.35. The van der Waals surface area contributed by atoms with Gasteiger partial charge in [-0.25, -0.2) is 4.57 Å². The van der Waals surface area contributed by atoms with Crippen LogP contribution in [0.15, 0.2) is 41.3 Å². The highest BCUT2D eigenvalue weighted by molar-refractivity contribution is 5.58. The molecule has 2 heteroatoms. The van der Waals surface area contributed by atoms with E-state index < -0.39 is 0 Å². The van der Waals surface area contributed by atoms with Crippen LogP contribution in [0.4, 0.5) is 0 Å². The lowest BCUT2D eigenvalue weighted by molar-refractivity contribution is -0.660. The van der Waals surface area contributed by atoms with Gasteiger partial charge in [-0.05, 0) is 13.0 Å². The molecule has 0 amide bonds. The summed E-state index contributed by atoms with van der Waals surface area (Å²) < 4.78 is 7.22. The first-order valence-corrected chi connectivity index (χ1v) is 4.27. The summed E-state index contributed by atoms with van der Waals surface area (Å²) in [6.45, 7) is 2.05. The summed E-state index contributed by atoms with van der Waals surface area (Å²) in [7, 11) is 2.03. The van der Waals surface area contributed by atoms with E-state index in [0.717, 1.165) is 5.56 Å². The fourth-order valence-corrected chi connectivity index (χ4v) is 1.43. The first-order chi connectivity index (χ1) is 6.29. The maximum absolute atomic E-state index is 5.14. The van der Waals surface area contributed by atoms with Crippen LogP contribution < -0.4 is 4.57 Å². The average Bonchev–Trinajstić information content (AvgIpc) is 2.52. The largest absolute Gasteiger partial charge is 0.471 e. The standard InChI is InChI=1S/C11H12NO/c1-9-7-13-8-10(9)11-5-3-4-6-12(11)2/h3-8H,1-2H3/q+1. The molecule has 0 aromatic carbocycles. The predicted octanol–water partition coefficient (Wildman–Crippen LogP) is 2.08. The van der Waals surface area contributed by atoms with E-state index in [9.17, 15) is 0 Å². The lowest BCUT2D eigenvalue weighted by atomic mass is 10.1. The number of pyridine rings is 1. The van der Waals surface area contributed by atoms with Crippen LogP contribution in [0.2, 0.25) is 0 Å². The number of aryl methyl sites for hydroxylation is 2. The molecular formula is C11H12NO+. The number of hydrogen-bond acceptors (Lipinski definition) is 1. The van der Waals surface area contributed by atoms with Crippen LogP contribution in [0.25, 0.3) is 11.3 Å². The van der Waals surface area contributed by atoms with E-state index in [1.165, 1.54) is 11.3 Å². The Morgan fingerprint density at radius 3 is 2.69 bits per heavy atom. The second-order valence-corrected chi connectivity index (χ2v) is 3.17. The summed E-state index contributed by atoms with van der Waals surface area (Å²) in [5, 5.41) is 0. The quantitative estimate of drug-likeness (QED) is 0.605. The molecule has 2 rings (SSSR count). The van der Waals surface area contributed by atoms with Crippen molar-refractivity contribution in [3.8, 4) is 11.3 Å². The third-order valence-electron chi connectivity index (χ3n) is 2.19. The Morgan fingerprint density at radius 1 is 1.23 bits per heavy atom. The van der Waals surface area contributed by atoms with Gasteiger partial charge in [0.2, 0.25) is 5.69 Å². The molecule has 0 atom stereocenters. The molecule has 2 nitrogen and oxygen atoms in total. The minimum absolute atomic E-state index is 1.16. The zero-order valence-electron chi connectivity index (χ0n) is 7.82. The number of aromatic nitrogens is 1. The van der Waals surface area contributed by atoms with Gasteiger partial charge in [0.1, 0.15) is 13.3 Å². The van der Waals surface area contributed by atoms with Crippen molar-refractivity contribution in [2.75, 3.05) is 0 Å². The van der Waals surface area contributed by atoms with Crippen molar-refractivity contribution in [1.82, 2.24) is 0 Å². The first kappa shape index (κ1) is 8.05. The van der Waals surface area contributed by atoms with E-state index in [4.69, 9.17) is 4.42 Å². The van der Waals surface area contributed by atoms with E-state index in [2.05, 4.69) is 10.6 Å². The molecule has 2 aromatic rings. The maximum atomic E-state index is 5.14. The molecule has 0 radical (unpaired) electrons. The van der Waals surface area contributed by atoms with Gasteiger partial charge in [-0.3, -0.25) is 0 Å². The van der Waals surface area contributed by atoms with Crippen molar-refractivity contribution in [2.24, 2.45) is 7.05 Å². The molecule has 0 fully saturated rings. The number of furan rings is 1. The van der Waals surface area contributed by atoms with Gasteiger partial charge in [-0.2, -0.15) is 0 Å². The molecule has 0 bridgehead atoms. The molecule has 2 aromatic heterocycles. The predicted molar refractivity (Wildman–Crippen MR) is 50.1 cm³/mol. The number of rotatable bonds is 1. The molecule has 66 valence electrons. The molecule has 2 heterocycles. The first-order valence-electron chi connectivity index (χ1n) is 4.27. The van der Waals surface area contributed by atoms with Crippen LogP contribution in [0.5, 0.6) is 0 Å². The van der Waals surface area contributed by atoms with Gasteiger partial charge < -0.3 is 4.42 Å². The highest BCUT2D eigenvalue weighted by atomic mass is 16.3. The molecule has 0 N–H and O–H groups in total. The smallest absolute Gasteiger partial charge is 0.215 e. The van der Waals surface area contributed by atoms with E-state index >= 15 is 0 Å². The second kappa shape index (κ2) is 3.05. The van der Waals surface area contributed by atoms with Crippen molar-refractivity contribution < 1.29 is 8.98 Å².